The molecule has 172 valence electrons. The molecule has 2 aromatic carbocycles. The van der Waals surface area contributed by atoms with Gasteiger partial charge in [0.15, 0.2) is 0 Å². The van der Waals surface area contributed by atoms with Gasteiger partial charge in [-0.2, -0.15) is 0 Å². The van der Waals surface area contributed by atoms with Crippen molar-refractivity contribution in [2.75, 3.05) is 19.7 Å². The summed E-state index contributed by atoms with van der Waals surface area (Å²) >= 11 is 0. The zero-order chi connectivity index (χ0) is 23.1. The number of benzene rings is 2. The van der Waals surface area contributed by atoms with Gasteiger partial charge in [0.25, 0.3) is 5.91 Å². The van der Waals surface area contributed by atoms with E-state index in [9.17, 15) is 14.4 Å². The Hall–Kier alpha value is -3.35. The molecule has 2 unspecified atom stereocenters. The molecule has 1 saturated heterocycles. The van der Waals surface area contributed by atoms with Crippen molar-refractivity contribution in [2.24, 2.45) is 0 Å². The van der Waals surface area contributed by atoms with Crippen LogP contribution in [0.3, 0.4) is 0 Å². The van der Waals surface area contributed by atoms with E-state index in [1.165, 1.54) is 5.56 Å². The quantitative estimate of drug-likeness (QED) is 0.651. The number of esters is 1. The highest BCUT2D eigenvalue weighted by Gasteiger charge is 2.46. The Morgan fingerprint density at radius 3 is 2.67 bits per heavy atom. The van der Waals surface area contributed by atoms with E-state index in [0.717, 1.165) is 24.0 Å². The average Bonchev–Trinajstić information content (AvgIpc) is 3.13. The molecule has 3 aliphatic rings. The molecule has 5 rings (SSSR count). The van der Waals surface area contributed by atoms with E-state index in [2.05, 4.69) is 13.0 Å². The van der Waals surface area contributed by atoms with Gasteiger partial charge in [-0.15, -0.1) is 0 Å². The Morgan fingerprint density at radius 1 is 1.12 bits per heavy atom. The number of fused-ring (bicyclic) bond motifs is 3. The van der Waals surface area contributed by atoms with Crippen molar-refractivity contribution >= 4 is 18.0 Å². The van der Waals surface area contributed by atoms with E-state index < -0.39 is 0 Å². The lowest BCUT2D eigenvalue weighted by atomic mass is 9.85. The van der Waals surface area contributed by atoms with Gasteiger partial charge in [0.05, 0.1) is 24.8 Å². The molecule has 0 aliphatic carbocycles. The summed E-state index contributed by atoms with van der Waals surface area (Å²) in [6.45, 7) is 5.60. The van der Waals surface area contributed by atoms with E-state index in [1.807, 2.05) is 23.1 Å². The fourth-order valence-corrected chi connectivity index (χ4v) is 5.29. The van der Waals surface area contributed by atoms with Crippen LogP contribution in [0.5, 0.6) is 0 Å². The maximum atomic E-state index is 13.4. The monoisotopic (exact) mass is 448 g/mol. The van der Waals surface area contributed by atoms with Crippen LogP contribution >= 0.6 is 0 Å². The summed E-state index contributed by atoms with van der Waals surface area (Å²) in [5, 5.41) is 0. The topological polar surface area (TPSA) is 76.2 Å². The first-order valence-electron chi connectivity index (χ1n) is 11.6. The summed E-state index contributed by atoms with van der Waals surface area (Å²) in [4.78, 5) is 41.7. The zero-order valence-corrected chi connectivity index (χ0v) is 19.0. The van der Waals surface area contributed by atoms with Crippen molar-refractivity contribution in [3.05, 3.63) is 70.3 Å². The lowest BCUT2D eigenvalue weighted by Crippen LogP contribution is -2.49. The number of nitrogens with zero attached hydrogens (tertiary/aromatic N) is 2. The molecule has 1 fully saturated rings. The minimum atomic E-state index is -0.374. The molecule has 2 amide bonds. The van der Waals surface area contributed by atoms with Crippen LogP contribution in [0.4, 0.5) is 4.79 Å². The van der Waals surface area contributed by atoms with Gasteiger partial charge >= 0.3 is 12.1 Å². The Kier molecular flexibility index (Phi) is 5.56. The van der Waals surface area contributed by atoms with E-state index in [1.54, 1.807) is 30.0 Å². The van der Waals surface area contributed by atoms with Gasteiger partial charge in [-0.05, 0) is 54.7 Å². The van der Waals surface area contributed by atoms with Crippen LogP contribution in [0.1, 0.15) is 63.6 Å². The first-order valence-corrected chi connectivity index (χ1v) is 11.6. The van der Waals surface area contributed by atoms with Crippen LogP contribution < -0.4 is 0 Å². The SMILES string of the molecule is CCOC(=O)c1ccc2c(c1)C(CC)CN(CC1OC(=O)N3Cc4ccccc4C[C@@H]13)C2=O. The molecule has 7 nitrogen and oxygen atoms in total. The van der Waals surface area contributed by atoms with Crippen LogP contribution in [0.25, 0.3) is 0 Å². The second-order valence-electron chi connectivity index (χ2n) is 8.93. The first kappa shape index (κ1) is 21.5. The van der Waals surface area contributed by atoms with Crippen LogP contribution in [-0.2, 0) is 22.4 Å². The third kappa shape index (κ3) is 3.75. The van der Waals surface area contributed by atoms with Gasteiger partial charge in [-0.25, -0.2) is 9.59 Å². The number of amides is 2. The Labute approximate surface area is 193 Å². The zero-order valence-electron chi connectivity index (χ0n) is 19.0. The highest BCUT2D eigenvalue weighted by molar-refractivity contribution is 5.99. The predicted octanol–water partition coefficient (Wildman–Crippen LogP) is 3.76. The van der Waals surface area contributed by atoms with Crippen LogP contribution in [0, 0.1) is 0 Å². The fourth-order valence-electron chi connectivity index (χ4n) is 5.29. The molecule has 3 aliphatic heterocycles. The highest BCUT2D eigenvalue weighted by Crippen LogP contribution is 2.35. The third-order valence-corrected chi connectivity index (χ3v) is 7.06. The molecule has 7 heteroatoms. The lowest BCUT2D eigenvalue weighted by Gasteiger charge is -2.37. The molecule has 0 aromatic heterocycles. The number of carbonyl (C=O) groups excluding carboxylic acids is 3. The van der Waals surface area contributed by atoms with E-state index in [0.29, 0.717) is 37.4 Å². The largest absolute Gasteiger partial charge is 0.462 e. The van der Waals surface area contributed by atoms with Crippen LogP contribution in [-0.4, -0.2) is 59.6 Å². The summed E-state index contributed by atoms with van der Waals surface area (Å²) in [5.41, 5.74) is 4.35. The Balaban J connectivity index is 1.37. The maximum Gasteiger partial charge on any atom is 0.410 e. The summed E-state index contributed by atoms with van der Waals surface area (Å²) in [6.07, 6.45) is 0.880. The molecule has 0 N–H and O–H groups in total. The van der Waals surface area contributed by atoms with Crippen LogP contribution in [0.15, 0.2) is 42.5 Å². The van der Waals surface area contributed by atoms with Gasteiger partial charge in [-0.1, -0.05) is 31.2 Å². The minimum absolute atomic E-state index is 0.0761. The third-order valence-electron chi connectivity index (χ3n) is 7.06. The van der Waals surface area contributed by atoms with Gasteiger partial charge in [0.2, 0.25) is 0 Å². The molecule has 0 bridgehead atoms. The summed E-state index contributed by atoms with van der Waals surface area (Å²) in [6, 6.07) is 13.3. The summed E-state index contributed by atoms with van der Waals surface area (Å²) in [5.74, 6) is -0.358. The number of cyclic esters (lactones) is 1. The fraction of sp³-hybridized carbons (Fsp3) is 0.423. The number of rotatable bonds is 5. The average molecular weight is 449 g/mol. The minimum Gasteiger partial charge on any atom is -0.462 e. The van der Waals surface area contributed by atoms with Crippen molar-refractivity contribution in [3.8, 4) is 0 Å². The molecule has 3 heterocycles. The number of hydrogen-bond acceptors (Lipinski definition) is 5. The van der Waals surface area contributed by atoms with E-state index in [-0.39, 0.29) is 36.0 Å². The number of carbonyl (C=O) groups is 3. The molecular formula is C26H28N2O5. The van der Waals surface area contributed by atoms with Gasteiger partial charge in [0, 0.05) is 24.6 Å². The second-order valence-corrected chi connectivity index (χ2v) is 8.93. The molecule has 0 radical (unpaired) electrons. The van der Waals surface area contributed by atoms with Crippen molar-refractivity contribution in [2.45, 2.75) is 51.3 Å². The van der Waals surface area contributed by atoms with Crippen molar-refractivity contribution in [1.29, 1.82) is 0 Å². The van der Waals surface area contributed by atoms with Gasteiger partial charge in [-0.3, -0.25) is 9.69 Å². The van der Waals surface area contributed by atoms with Crippen LogP contribution in [0.2, 0.25) is 0 Å². The molecular weight excluding hydrogens is 420 g/mol. The molecule has 33 heavy (non-hydrogen) atoms. The van der Waals surface area contributed by atoms with E-state index in [4.69, 9.17) is 9.47 Å². The number of ether oxygens (including phenoxy) is 2. The van der Waals surface area contributed by atoms with Gasteiger partial charge < -0.3 is 14.4 Å². The lowest BCUT2D eigenvalue weighted by molar-refractivity contribution is 0.0521. The molecule has 3 atom stereocenters. The summed E-state index contributed by atoms with van der Waals surface area (Å²) < 4.78 is 10.9. The maximum absolute atomic E-state index is 13.4. The standard InChI is InChI=1S/C26H28N2O5/c1-3-16-13-27(24(29)20-10-9-18(11-21(16)20)25(30)32-4-2)15-23-22-12-17-7-5-6-8-19(17)14-28(22)26(31)33-23/h5-11,16,22-23H,3-4,12-15H2,1-2H3/t16?,22-,23?/m0/s1. The second kappa shape index (κ2) is 8.54. The Morgan fingerprint density at radius 2 is 1.91 bits per heavy atom. The van der Waals surface area contributed by atoms with Crippen molar-refractivity contribution < 1.29 is 23.9 Å². The predicted molar refractivity (Wildman–Crippen MR) is 121 cm³/mol. The van der Waals surface area contributed by atoms with E-state index >= 15 is 0 Å². The van der Waals surface area contributed by atoms with Crippen molar-refractivity contribution in [1.82, 2.24) is 9.80 Å². The van der Waals surface area contributed by atoms with Gasteiger partial charge in [0.1, 0.15) is 6.10 Å². The molecule has 0 spiro atoms. The normalized spacial score (nSPS) is 23.5. The van der Waals surface area contributed by atoms with Crippen molar-refractivity contribution in [3.63, 3.8) is 0 Å². The smallest absolute Gasteiger partial charge is 0.410 e. The first-order chi connectivity index (χ1) is 16.0. The molecule has 0 saturated carbocycles. The summed E-state index contributed by atoms with van der Waals surface area (Å²) in [7, 11) is 0. The number of hydrogen-bond donors (Lipinski definition) is 0. The highest BCUT2D eigenvalue weighted by atomic mass is 16.6. The Bertz CT molecular complexity index is 1110. The molecule has 2 aromatic rings.